The number of methoxy groups -OCH3 is 1. The number of carbonyl (C=O) groups is 1. The van der Waals surface area contributed by atoms with Crippen molar-refractivity contribution in [1.82, 2.24) is 5.32 Å². The van der Waals surface area contributed by atoms with Gasteiger partial charge in [-0.25, -0.2) is 0 Å². The van der Waals surface area contributed by atoms with Crippen LogP contribution < -0.4 is 15.0 Å². The molecule has 0 bridgehead atoms. The topological polar surface area (TPSA) is 82.0 Å². The zero-order chi connectivity index (χ0) is 21.3. The van der Waals surface area contributed by atoms with Crippen LogP contribution in [-0.4, -0.2) is 54.6 Å². The van der Waals surface area contributed by atoms with Crippen molar-refractivity contribution in [2.45, 2.75) is 41.7 Å². The third kappa shape index (κ3) is 4.71. The highest BCUT2D eigenvalue weighted by atomic mass is 35.5. The fourth-order valence-electron chi connectivity index (χ4n) is 4.49. The van der Waals surface area contributed by atoms with Gasteiger partial charge in [0, 0.05) is 11.4 Å². The standard InChI is InChI=1S/C23H28N2O4S.ClH/c1-14(26)20(16-11-12-24-13-16)25-18-5-3-4-6-19(18)30-22(21(27)23(25)28)15-7-9-17(29-2)10-8-15;/h3-10,14,16,20-22,24,26-27H,11-13H2,1-2H3;1H/t14?,16?,20?,21-,22+;/m0./s1. The summed E-state index contributed by atoms with van der Waals surface area (Å²) in [5.41, 5.74) is 1.61. The van der Waals surface area contributed by atoms with E-state index in [1.807, 2.05) is 48.5 Å². The van der Waals surface area contributed by atoms with E-state index in [2.05, 4.69) is 5.32 Å². The molecule has 0 aromatic heterocycles. The second-order valence-corrected chi connectivity index (χ2v) is 9.10. The van der Waals surface area contributed by atoms with Crippen molar-refractivity contribution in [3.63, 3.8) is 0 Å². The van der Waals surface area contributed by atoms with E-state index in [1.165, 1.54) is 11.8 Å². The van der Waals surface area contributed by atoms with Crippen LogP contribution in [0.2, 0.25) is 0 Å². The highest BCUT2D eigenvalue weighted by Gasteiger charge is 2.44. The molecule has 0 radical (unpaired) electrons. The summed E-state index contributed by atoms with van der Waals surface area (Å²) in [7, 11) is 1.61. The number of ether oxygens (including phenoxy) is 1. The molecule has 2 heterocycles. The Morgan fingerprint density at radius 1 is 1.19 bits per heavy atom. The smallest absolute Gasteiger partial charge is 0.257 e. The van der Waals surface area contributed by atoms with Crippen molar-refractivity contribution >= 4 is 35.8 Å². The third-order valence-electron chi connectivity index (χ3n) is 5.97. The Hall–Kier alpha value is -1.77. The van der Waals surface area contributed by atoms with Crippen LogP contribution >= 0.6 is 24.2 Å². The van der Waals surface area contributed by atoms with Gasteiger partial charge in [0.1, 0.15) is 11.9 Å². The maximum absolute atomic E-state index is 13.6. The zero-order valence-corrected chi connectivity index (χ0v) is 19.2. The maximum atomic E-state index is 13.6. The average Bonchev–Trinajstić information content (AvgIpc) is 3.26. The van der Waals surface area contributed by atoms with Gasteiger partial charge in [-0.15, -0.1) is 24.2 Å². The first-order chi connectivity index (χ1) is 14.5. The van der Waals surface area contributed by atoms with Crippen LogP contribution in [0, 0.1) is 5.92 Å². The van der Waals surface area contributed by atoms with Gasteiger partial charge >= 0.3 is 0 Å². The molecule has 0 saturated carbocycles. The Balaban J connectivity index is 0.00000272. The van der Waals surface area contributed by atoms with Gasteiger partial charge in [0.15, 0.2) is 0 Å². The van der Waals surface area contributed by atoms with Gasteiger partial charge in [-0.3, -0.25) is 4.79 Å². The molecule has 2 aromatic carbocycles. The monoisotopic (exact) mass is 464 g/mol. The number of amides is 1. The number of fused-ring (bicyclic) bond motifs is 1. The van der Waals surface area contributed by atoms with Crippen LogP contribution in [0.5, 0.6) is 5.75 Å². The molecule has 2 aliphatic heterocycles. The molecule has 31 heavy (non-hydrogen) atoms. The number of hydrogen-bond donors (Lipinski definition) is 3. The number of hydrogen-bond acceptors (Lipinski definition) is 6. The summed E-state index contributed by atoms with van der Waals surface area (Å²) in [6, 6.07) is 14.8. The molecule has 2 aromatic rings. The largest absolute Gasteiger partial charge is 0.497 e. The predicted octanol–water partition coefficient (Wildman–Crippen LogP) is 3.02. The van der Waals surface area contributed by atoms with Crippen molar-refractivity contribution in [3.8, 4) is 5.75 Å². The van der Waals surface area contributed by atoms with Gasteiger partial charge in [0.2, 0.25) is 0 Å². The van der Waals surface area contributed by atoms with Crippen molar-refractivity contribution in [3.05, 3.63) is 54.1 Å². The van der Waals surface area contributed by atoms with Crippen LogP contribution in [0.4, 0.5) is 5.69 Å². The number of thioether (sulfide) groups is 1. The molecular weight excluding hydrogens is 436 g/mol. The first kappa shape index (κ1) is 23.9. The number of benzene rings is 2. The van der Waals surface area contributed by atoms with Gasteiger partial charge in [0.05, 0.1) is 30.2 Å². The van der Waals surface area contributed by atoms with Gasteiger partial charge in [-0.2, -0.15) is 0 Å². The van der Waals surface area contributed by atoms with E-state index in [0.717, 1.165) is 41.4 Å². The zero-order valence-electron chi connectivity index (χ0n) is 17.6. The molecule has 5 atom stereocenters. The quantitative estimate of drug-likeness (QED) is 0.631. The second-order valence-electron chi connectivity index (χ2n) is 7.92. The van der Waals surface area contributed by atoms with E-state index in [4.69, 9.17) is 4.74 Å². The minimum atomic E-state index is -1.23. The average molecular weight is 465 g/mol. The van der Waals surface area contributed by atoms with Crippen LogP contribution in [0.25, 0.3) is 0 Å². The number of rotatable bonds is 5. The van der Waals surface area contributed by atoms with Gasteiger partial charge < -0.3 is 25.2 Å². The summed E-state index contributed by atoms with van der Waals surface area (Å²) in [5, 5.41) is 24.7. The number of carbonyl (C=O) groups excluding carboxylic acids is 1. The molecular formula is C23H29ClN2O4S. The van der Waals surface area contributed by atoms with Crippen LogP contribution in [0.1, 0.15) is 24.2 Å². The fraction of sp³-hybridized carbons (Fsp3) is 0.435. The number of para-hydroxylation sites is 1. The first-order valence-electron chi connectivity index (χ1n) is 10.3. The normalized spacial score (nSPS) is 25.2. The molecule has 3 N–H and O–H groups in total. The lowest BCUT2D eigenvalue weighted by atomic mass is 9.91. The Morgan fingerprint density at radius 3 is 2.52 bits per heavy atom. The molecule has 1 fully saturated rings. The SMILES string of the molecule is COc1ccc([C@H]2Sc3ccccc3N(C(C(C)O)C3CCNC3)C(=O)[C@H]2O)cc1.Cl. The summed E-state index contributed by atoms with van der Waals surface area (Å²) in [6.45, 7) is 3.33. The molecule has 0 spiro atoms. The van der Waals surface area contributed by atoms with Crippen molar-refractivity contribution < 1.29 is 19.7 Å². The van der Waals surface area contributed by atoms with Crippen molar-refractivity contribution in [1.29, 1.82) is 0 Å². The number of halogens is 1. The minimum Gasteiger partial charge on any atom is -0.497 e. The third-order valence-corrected chi connectivity index (χ3v) is 7.36. The molecule has 168 valence electrons. The lowest BCUT2D eigenvalue weighted by molar-refractivity contribution is -0.128. The summed E-state index contributed by atoms with van der Waals surface area (Å²) < 4.78 is 5.24. The Labute approximate surface area is 193 Å². The Morgan fingerprint density at radius 2 is 1.90 bits per heavy atom. The highest BCUT2D eigenvalue weighted by molar-refractivity contribution is 7.99. The molecule has 0 aliphatic carbocycles. The van der Waals surface area contributed by atoms with Crippen LogP contribution in [0.15, 0.2) is 53.4 Å². The molecule has 8 heteroatoms. The Bertz CT molecular complexity index is 889. The number of nitrogens with one attached hydrogen (secondary N) is 1. The first-order valence-corrected chi connectivity index (χ1v) is 11.2. The summed E-state index contributed by atoms with van der Waals surface area (Å²) in [5.74, 6) is 0.478. The summed E-state index contributed by atoms with van der Waals surface area (Å²) in [4.78, 5) is 16.2. The van der Waals surface area contributed by atoms with Crippen molar-refractivity contribution in [2.24, 2.45) is 5.92 Å². The number of nitrogens with zero attached hydrogens (tertiary/aromatic N) is 1. The minimum absolute atomic E-state index is 0. The predicted molar refractivity (Wildman–Crippen MR) is 125 cm³/mol. The summed E-state index contributed by atoms with van der Waals surface area (Å²) in [6.07, 6.45) is -1.07. The van der Waals surface area contributed by atoms with Crippen molar-refractivity contribution in [2.75, 3.05) is 25.1 Å². The number of anilines is 1. The van der Waals surface area contributed by atoms with Gasteiger partial charge in [0.25, 0.3) is 5.91 Å². The van der Waals surface area contributed by atoms with Gasteiger partial charge in [-0.1, -0.05) is 24.3 Å². The van der Waals surface area contributed by atoms with Crippen LogP contribution in [0.3, 0.4) is 0 Å². The van der Waals surface area contributed by atoms with E-state index in [-0.39, 0.29) is 24.2 Å². The number of aliphatic hydroxyl groups is 2. The molecule has 3 unspecified atom stereocenters. The van der Waals surface area contributed by atoms with E-state index in [1.54, 1.807) is 18.9 Å². The molecule has 2 aliphatic rings. The lowest BCUT2D eigenvalue weighted by Gasteiger charge is -2.38. The molecule has 4 rings (SSSR count). The lowest BCUT2D eigenvalue weighted by Crippen LogP contribution is -2.54. The molecule has 1 saturated heterocycles. The molecule has 6 nitrogen and oxygen atoms in total. The van der Waals surface area contributed by atoms with E-state index >= 15 is 0 Å². The maximum Gasteiger partial charge on any atom is 0.257 e. The van der Waals surface area contributed by atoms with E-state index in [9.17, 15) is 15.0 Å². The molecule has 1 amide bonds. The van der Waals surface area contributed by atoms with E-state index in [0.29, 0.717) is 0 Å². The highest BCUT2D eigenvalue weighted by Crippen LogP contribution is 2.47. The fourth-order valence-corrected chi connectivity index (χ4v) is 5.74. The van der Waals surface area contributed by atoms with Gasteiger partial charge in [-0.05, 0) is 55.6 Å². The summed E-state index contributed by atoms with van der Waals surface area (Å²) >= 11 is 1.48. The Kier molecular flexibility index (Phi) is 7.88. The second kappa shape index (κ2) is 10.2. The number of aliphatic hydroxyl groups excluding tert-OH is 2. The van der Waals surface area contributed by atoms with E-state index < -0.39 is 23.5 Å². The van der Waals surface area contributed by atoms with Crippen LogP contribution in [-0.2, 0) is 4.79 Å².